The lowest BCUT2D eigenvalue weighted by Gasteiger charge is -1.95. The van der Waals surface area contributed by atoms with Crippen LogP contribution in [0.3, 0.4) is 0 Å². The molecule has 0 aliphatic rings. The first kappa shape index (κ1) is 11.8. The summed E-state index contributed by atoms with van der Waals surface area (Å²) in [4.78, 5) is 15.4. The molecule has 0 fully saturated rings. The van der Waals surface area contributed by atoms with Crippen molar-refractivity contribution in [2.24, 2.45) is 5.73 Å². The highest BCUT2D eigenvalue weighted by molar-refractivity contribution is 7.16. The van der Waals surface area contributed by atoms with E-state index >= 15 is 0 Å². The molecule has 0 radical (unpaired) electrons. The number of hydrogen-bond donors (Lipinski definition) is 1. The molecule has 3 rings (SSSR count). The van der Waals surface area contributed by atoms with E-state index in [1.54, 1.807) is 22.8 Å². The summed E-state index contributed by atoms with van der Waals surface area (Å²) in [5.41, 5.74) is 6.91. The largest absolute Gasteiger partial charge is 0.324 e. The van der Waals surface area contributed by atoms with Crippen molar-refractivity contribution in [3.8, 4) is 11.3 Å². The molecule has 0 amide bonds. The minimum absolute atomic E-state index is 0.0458. The number of nitro benzene ring substituents is 1. The summed E-state index contributed by atoms with van der Waals surface area (Å²) in [5, 5.41) is 15.8. The first-order valence-electron chi connectivity index (χ1n) is 5.47. The van der Waals surface area contributed by atoms with Crippen molar-refractivity contribution < 1.29 is 4.92 Å². The lowest BCUT2D eigenvalue weighted by Crippen LogP contribution is -1.95. The Morgan fingerprint density at radius 1 is 1.47 bits per heavy atom. The fourth-order valence-corrected chi connectivity index (χ4v) is 2.50. The fraction of sp³-hybridized carbons (Fsp3) is 0.0909. The van der Waals surface area contributed by atoms with E-state index in [4.69, 9.17) is 5.73 Å². The lowest BCUT2D eigenvalue weighted by molar-refractivity contribution is -0.384. The molecule has 0 spiro atoms. The Kier molecular flexibility index (Phi) is 2.73. The van der Waals surface area contributed by atoms with E-state index in [-0.39, 0.29) is 5.69 Å². The second kappa shape index (κ2) is 4.41. The molecule has 0 unspecified atom stereocenters. The molecule has 19 heavy (non-hydrogen) atoms. The van der Waals surface area contributed by atoms with E-state index < -0.39 is 4.92 Å². The van der Waals surface area contributed by atoms with E-state index in [1.807, 2.05) is 0 Å². The highest BCUT2D eigenvalue weighted by atomic mass is 32.1. The number of hydrogen-bond acceptors (Lipinski definition) is 6. The van der Waals surface area contributed by atoms with Crippen molar-refractivity contribution in [3.05, 3.63) is 45.6 Å². The van der Waals surface area contributed by atoms with Crippen molar-refractivity contribution >= 4 is 22.0 Å². The molecule has 0 bridgehead atoms. The Bertz CT molecular complexity index is 732. The third kappa shape index (κ3) is 2.07. The zero-order valence-electron chi connectivity index (χ0n) is 9.68. The van der Waals surface area contributed by atoms with Crippen molar-refractivity contribution in [2.45, 2.75) is 6.54 Å². The summed E-state index contributed by atoms with van der Waals surface area (Å²) in [6, 6.07) is 6.37. The second-order valence-corrected chi connectivity index (χ2v) is 4.90. The number of aromatic nitrogens is 3. The van der Waals surface area contributed by atoms with Gasteiger partial charge >= 0.3 is 0 Å². The minimum Gasteiger partial charge on any atom is -0.324 e. The summed E-state index contributed by atoms with van der Waals surface area (Å²) >= 11 is 1.41. The molecule has 0 aliphatic heterocycles. The predicted molar refractivity (Wildman–Crippen MR) is 70.8 cm³/mol. The van der Waals surface area contributed by atoms with Crippen LogP contribution in [0, 0.1) is 10.1 Å². The van der Waals surface area contributed by atoms with Gasteiger partial charge in [-0.3, -0.25) is 10.1 Å². The number of benzene rings is 1. The van der Waals surface area contributed by atoms with E-state index in [2.05, 4.69) is 10.1 Å². The number of nitro groups is 1. The van der Waals surface area contributed by atoms with E-state index in [9.17, 15) is 10.1 Å². The standard InChI is InChI=1S/C11H9N5O2S/c12-5-10-14-15-6-9(13-11(15)19-10)7-2-1-3-8(4-7)16(17)18/h1-4,6H,5,12H2. The Morgan fingerprint density at radius 2 is 2.32 bits per heavy atom. The van der Waals surface area contributed by atoms with Crippen molar-refractivity contribution in [1.29, 1.82) is 0 Å². The summed E-state index contributed by atoms with van der Waals surface area (Å²) in [5.74, 6) is 0. The van der Waals surface area contributed by atoms with Crippen LogP contribution in [0.2, 0.25) is 0 Å². The van der Waals surface area contributed by atoms with Gasteiger partial charge in [0.2, 0.25) is 4.96 Å². The molecule has 3 aromatic rings. The van der Waals surface area contributed by atoms with Crippen molar-refractivity contribution in [2.75, 3.05) is 0 Å². The normalized spacial score (nSPS) is 11.0. The van der Waals surface area contributed by atoms with Gasteiger partial charge in [0.05, 0.1) is 16.8 Å². The van der Waals surface area contributed by atoms with Gasteiger partial charge in [0.15, 0.2) is 0 Å². The monoisotopic (exact) mass is 275 g/mol. The van der Waals surface area contributed by atoms with Gasteiger partial charge in [-0.15, -0.1) is 0 Å². The van der Waals surface area contributed by atoms with Gasteiger partial charge in [-0.25, -0.2) is 9.50 Å². The number of non-ortho nitro benzene ring substituents is 1. The predicted octanol–water partition coefficient (Wildman–Crippen LogP) is 1.82. The fourth-order valence-electron chi connectivity index (χ4n) is 1.74. The smallest absolute Gasteiger partial charge is 0.270 e. The van der Waals surface area contributed by atoms with Crippen LogP contribution in [0.1, 0.15) is 5.01 Å². The molecule has 2 aromatic heterocycles. The Morgan fingerprint density at radius 3 is 3.00 bits per heavy atom. The van der Waals surface area contributed by atoms with Gasteiger partial charge in [0, 0.05) is 24.2 Å². The molecule has 0 aliphatic carbocycles. The highest BCUT2D eigenvalue weighted by Gasteiger charge is 2.12. The quantitative estimate of drug-likeness (QED) is 0.580. The van der Waals surface area contributed by atoms with Gasteiger partial charge < -0.3 is 5.73 Å². The molecule has 2 heterocycles. The summed E-state index contributed by atoms with van der Waals surface area (Å²) in [7, 11) is 0. The average Bonchev–Trinajstić information content (AvgIpc) is 2.96. The number of rotatable bonds is 3. The molecule has 0 atom stereocenters. The Balaban J connectivity index is 2.06. The van der Waals surface area contributed by atoms with Crippen LogP contribution in [-0.4, -0.2) is 19.5 Å². The molecular formula is C11H9N5O2S. The summed E-state index contributed by atoms with van der Waals surface area (Å²) < 4.78 is 1.64. The maximum absolute atomic E-state index is 10.7. The third-order valence-electron chi connectivity index (χ3n) is 2.61. The Hall–Kier alpha value is -2.32. The Labute approximate surface area is 111 Å². The van der Waals surface area contributed by atoms with Gasteiger partial charge in [-0.2, -0.15) is 5.10 Å². The van der Waals surface area contributed by atoms with Crippen molar-refractivity contribution in [1.82, 2.24) is 14.6 Å². The zero-order valence-corrected chi connectivity index (χ0v) is 10.5. The van der Waals surface area contributed by atoms with Gasteiger partial charge in [-0.1, -0.05) is 23.5 Å². The maximum atomic E-state index is 10.7. The van der Waals surface area contributed by atoms with Crippen LogP contribution in [-0.2, 0) is 6.54 Å². The molecule has 0 saturated heterocycles. The number of fused-ring (bicyclic) bond motifs is 1. The molecule has 1 aromatic carbocycles. The number of imidazole rings is 1. The lowest BCUT2D eigenvalue weighted by atomic mass is 10.1. The molecule has 2 N–H and O–H groups in total. The van der Waals surface area contributed by atoms with E-state index in [1.165, 1.54) is 23.5 Å². The molecule has 0 saturated carbocycles. The first-order chi connectivity index (χ1) is 9.17. The van der Waals surface area contributed by atoms with Crippen LogP contribution in [0.4, 0.5) is 5.69 Å². The van der Waals surface area contributed by atoms with E-state index in [0.717, 1.165) is 9.97 Å². The molecule has 8 heteroatoms. The van der Waals surface area contributed by atoms with Crippen LogP contribution in [0.25, 0.3) is 16.2 Å². The number of nitrogens with two attached hydrogens (primary N) is 1. The maximum Gasteiger partial charge on any atom is 0.270 e. The van der Waals surface area contributed by atoms with Crippen molar-refractivity contribution in [3.63, 3.8) is 0 Å². The third-order valence-corrected chi connectivity index (χ3v) is 3.56. The second-order valence-electron chi connectivity index (χ2n) is 3.86. The van der Waals surface area contributed by atoms with Gasteiger partial charge in [-0.05, 0) is 0 Å². The summed E-state index contributed by atoms with van der Waals surface area (Å²) in [6.45, 7) is 0.375. The summed E-state index contributed by atoms with van der Waals surface area (Å²) in [6.07, 6.45) is 1.74. The van der Waals surface area contributed by atoms with Crippen LogP contribution in [0.5, 0.6) is 0 Å². The first-order valence-corrected chi connectivity index (χ1v) is 6.29. The van der Waals surface area contributed by atoms with Crippen LogP contribution in [0.15, 0.2) is 30.5 Å². The SMILES string of the molecule is NCc1nn2cc(-c3cccc([N+](=O)[O-])c3)nc2s1. The van der Waals surface area contributed by atoms with Crippen LogP contribution < -0.4 is 5.73 Å². The molecule has 7 nitrogen and oxygen atoms in total. The van der Waals surface area contributed by atoms with Gasteiger partial charge in [0.25, 0.3) is 5.69 Å². The molecule has 96 valence electrons. The zero-order chi connectivity index (χ0) is 13.4. The van der Waals surface area contributed by atoms with E-state index in [0.29, 0.717) is 17.8 Å². The topological polar surface area (TPSA) is 99.3 Å². The highest BCUT2D eigenvalue weighted by Crippen LogP contribution is 2.25. The molecular weight excluding hydrogens is 266 g/mol. The number of nitrogens with zero attached hydrogens (tertiary/aromatic N) is 4. The van der Waals surface area contributed by atoms with Gasteiger partial charge in [0.1, 0.15) is 5.01 Å². The minimum atomic E-state index is -0.424. The average molecular weight is 275 g/mol. The van der Waals surface area contributed by atoms with Crippen LogP contribution >= 0.6 is 11.3 Å².